The molecule has 0 saturated carbocycles. The van der Waals surface area contributed by atoms with Gasteiger partial charge in [0.25, 0.3) is 0 Å². The molecule has 0 aromatic carbocycles. The zero-order chi connectivity index (χ0) is 13.3. The standard InChI is InChI=1S/C11H19FN2O3S/c1-13-4-2-10(3-5-13)14-7-9(6-11(14)15)8-18(12,16)17/h9-10H,2-8H2,1H3. The van der Waals surface area contributed by atoms with Crippen molar-refractivity contribution in [2.24, 2.45) is 5.92 Å². The van der Waals surface area contributed by atoms with Gasteiger partial charge >= 0.3 is 10.2 Å². The maximum Gasteiger partial charge on any atom is 0.302 e. The molecule has 5 nitrogen and oxygen atoms in total. The van der Waals surface area contributed by atoms with Gasteiger partial charge in [0, 0.05) is 24.9 Å². The Bertz CT molecular complexity index is 418. The third-order valence-electron chi connectivity index (χ3n) is 3.80. The Kier molecular flexibility index (Phi) is 3.91. The number of likely N-dealkylation sites (tertiary alicyclic amines) is 2. The molecule has 0 N–H and O–H groups in total. The maximum absolute atomic E-state index is 12.6. The fourth-order valence-electron chi connectivity index (χ4n) is 2.86. The number of halogens is 1. The van der Waals surface area contributed by atoms with Crippen molar-refractivity contribution in [2.45, 2.75) is 25.3 Å². The van der Waals surface area contributed by atoms with Gasteiger partial charge in [-0.25, -0.2) is 0 Å². The Balaban J connectivity index is 1.93. The Morgan fingerprint density at radius 2 is 1.94 bits per heavy atom. The molecular weight excluding hydrogens is 259 g/mol. The minimum atomic E-state index is -4.48. The van der Waals surface area contributed by atoms with Gasteiger partial charge in [-0.1, -0.05) is 0 Å². The van der Waals surface area contributed by atoms with Gasteiger partial charge in [0.05, 0.1) is 5.75 Å². The van der Waals surface area contributed by atoms with Crippen LogP contribution < -0.4 is 0 Å². The van der Waals surface area contributed by atoms with Crippen LogP contribution in [0.5, 0.6) is 0 Å². The van der Waals surface area contributed by atoms with E-state index in [1.165, 1.54) is 0 Å². The lowest BCUT2D eigenvalue weighted by Crippen LogP contribution is -2.44. The molecule has 1 unspecified atom stereocenters. The zero-order valence-corrected chi connectivity index (χ0v) is 11.3. The van der Waals surface area contributed by atoms with Gasteiger partial charge in [0.15, 0.2) is 0 Å². The van der Waals surface area contributed by atoms with Crippen LogP contribution in [-0.2, 0) is 15.0 Å². The van der Waals surface area contributed by atoms with E-state index in [1.54, 1.807) is 4.90 Å². The Morgan fingerprint density at radius 1 is 1.33 bits per heavy atom. The second-order valence-electron chi connectivity index (χ2n) is 5.36. The number of hydrogen-bond donors (Lipinski definition) is 0. The lowest BCUT2D eigenvalue weighted by Gasteiger charge is -2.35. The smallest absolute Gasteiger partial charge is 0.302 e. The lowest BCUT2D eigenvalue weighted by atomic mass is 10.0. The topological polar surface area (TPSA) is 57.7 Å². The summed E-state index contributed by atoms with van der Waals surface area (Å²) in [4.78, 5) is 15.8. The summed E-state index contributed by atoms with van der Waals surface area (Å²) in [5.41, 5.74) is 0. The molecule has 2 saturated heterocycles. The van der Waals surface area contributed by atoms with Crippen molar-refractivity contribution in [3.05, 3.63) is 0 Å². The second-order valence-corrected chi connectivity index (χ2v) is 6.77. The van der Waals surface area contributed by atoms with Crippen LogP contribution in [0, 0.1) is 5.92 Å². The average molecular weight is 278 g/mol. The number of piperidine rings is 1. The first-order valence-electron chi connectivity index (χ1n) is 6.25. The van der Waals surface area contributed by atoms with E-state index in [1.807, 2.05) is 7.05 Å². The molecule has 1 amide bonds. The van der Waals surface area contributed by atoms with E-state index >= 15 is 0 Å². The number of nitrogens with zero attached hydrogens (tertiary/aromatic N) is 2. The van der Waals surface area contributed by atoms with Crippen molar-refractivity contribution in [3.8, 4) is 0 Å². The highest BCUT2D eigenvalue weighted by molar-refractivity contribution is 7.86. The Morgan fingerprint density at radius 3 is 2.50 bits per heavy atom. The van der Waals surface area contributed by atoms with Crippen molar-refractivity contribution >= 4 is 16.1 Å². The SMILES string of the molecule is CN1CCC(N2CC(CS(=O)(=O)F)CC2=O)CC1. The monoisotopic (exact) mass is 278 g/mol. The second kappa shape index (κ2) is 5.13. The predicted molar refractivity (Wildman–Crippen MR) is 65.2 cm³/mol. The highest BCUT2D eigenvalue weighted by atomic mass is 32.3. The van der Waals surface area contributed by atoms with E-state index in [9.17, 15) is 17.1 Å². The van der Waals surface area contributed by atoms with Crippen molar-refractivity contribution in [2.75, 3.05) is 32.4 Å². The van der Waals surface area contributed by atoms with Crippen LogP contribution in [0.3, 0.4) is 0 Å². The molecule has 0 aromatic heterocycles. The number of amides is 1. The van der Waals surface area contributed by atoms with Crippen LogP contribution in [0.1, 0.15) is 19.3 Å². The number of hydrogen-bond acceptors (Lipinski definition) is 4. The number of rotatable bonds is 3. The van der Waals surface area contributed by atoms with E-state index in [4.69, 9.17) is 0 Å². The molecule has 2 fully saturated rings. The first kappa shape index (κ1) is 13.7. The number of carbonyl (C=O) groups is 1. The van der Waals surface area contributed by atoms with Gasteiger partial charge in [0.2, 0.25) is 5.91 Å². The summed E-state index contributed by atoms with van der Waals surface area (Å²) in [5.74, 6) is -0.938. The van der Waals surface area contributed by atoms with Gasteiger partial charge in [-0.15, -0.1) is 3.89 Å². The van der Waals surface area contributed by atoms with Crippen molar-refractivity contribution in [3.63, 3.8) is 0 Å². The summed E-state index contributed by atoms with van der Waals surface area (Å²) < 4.78 is 33.9. The summed E-state index contributed by atoms with van der Waals surface area (Å²) in [7, 11) is -2.44. The van der Waals surface area contributed by atoms with Crippen LogP contribution in [0.2, 0.25) is 0 Å². The van der Waals surface area contributed by atoms with Gasteiger partial charge < -0.3 is 9.80 Å². The van der Waals surface area contributed by atoms with Crippen LogP contribution in [0.15, 0.2) is 0 Å². The third kappa shape index (κ3) is 3.41. The van der Waals surface area contributed by atoms with E-state index < -0.39 is 16.0 Å². The highest BCUT2D eigenvalue weighted by Gasteiger charge is 2.37. The van der Waals surface area contributed by atoms with Gasteiger partial charge in [-0.05, 0) is 33.0 Å². The van der Waals surface area contributed by atoms with E-state index in [2.05, 4.69) is 4.90 Å². The molecule has 0 spiro atoms. The van der Waals surface area contributed by atoms with Crippen LogP contribution in [0.25, 0.3) is 0 Å². The molecule has 18 heavy (non-hydrogen) atoms. The highest BCUT2D eigenvalue weighted by Crippen LogP contribution is 2.26. The van der Waals surface area contributed by atoms with Gasteiger partial charge in [0.1, 0.15) is 0 Å². The number of carbonyl (C=O) groups excluding carboxylic acids is 1. The normalized spacial score (nSPS) is 28.0. The quantitative estimate of drug-likeness (QED) is 0.693. The summed E-state index contributed by atoms with van der Waals surface area (Å²) in [5, 5.41) is 0. The summed E-state index contributed by atoms with van der Waals surface area (Å²) in [6.45, 7) is 2.28. The molecular formula is C11H19FN2O3S. The summed E-state index contributed by atoms with van der Waals surface area (Å²) in [6.07, 6.45) is 1.99. The van der Waals surface area contributed by atoms with Gasteiger partial charge in [-0.2, -0.15) is 8.42 Å². The van der Waals surface area contributed by atoms with Crippen LogP contribution >= 0.6 is 0 Å². The van der Waals surface area contributed by atoms with E-state index in [-0.39, 0.29) is 24.3 Å². The Labute approximate surface area is 107 Å². The van der Waals surface area contributed by atoms with Crippen molar-refractivity contribution in [1.29, 1.82) is 0 Å². The summed E-state index contributed by atoms with van der Waals surface area (Å²) >= 11 is 0. The van der Waals surface area contributed by atoms with Gasteiger partial charge in [-0.3, -0.25) is 4.79 Å². The van der Waals surface area contributed by atoms with Crippen LogP contribution in [-0.4, -0.2) is 62.6 Å². The molecule has 0 aromatic rings. The zero-order valence-electron chi connectivity index (χ0n) is 10.5. The van der Waals surface area contributed by atoms with E-state index in [0.29, 0.717) is 6.54 Å². The van der Waals surface area contributed by atoms with E-state index in [0.717, 1.165) is 25.9 Å². The average Bonchev–Trinajstić information content (AvgIpc) is 2.58. The van der Waals surface area contributed by atoms with Crippen molar-refractivity contribution in [1.82, 2.24) is 9.80 Å². The molecule has 2 aliphatic heterocycles. The summed E-state index contributed by atoms with van der Waals surface area (Å²) in [6, 6.07) is 0.195. The largest absolute Gasteiger partial charge is 0.339 e. The molecule has 2 rings (SSSR count). The van der Waals surface area contributed by atoms with Crippen molar-refractivity contribution < 1.29 is 17.1 Å². The molecule has 0 aliphatic carbocycles. The first-order chi connectivity index (χ1) is 8.35. The predicted octanol–water partition coefficient (Wildman–Crippen LogP) is 0.228. The Hall–Kier alpha value is -0.690. The maximum atomic E-state index is 12.6. The molecule has 0 bridgehead atoms. The minimum absolute atomic E-state index is 0.0294. The first-order valence-corrected chi connectivity index (χ1v) is 7.81. The fraction of sp³-hybridized carbons (Fsp3) is 0.909. The lowest BCUT2D eigenvalue weighted by molar-refractivity contribution is -0.130. The molecule has 2 aliphatic rings. The molecule has 7 heteroatoms. The van der Waals surface area contributed by atoms with Crippen LogP contribution in [0.4, 0.5) is 3.89 Å². The molecule has 104 valence electrons. The third-order valence-corrected chi connectivity index (χ3v) is 4.67. The minimum Gasteiger partial charge on any atom is -0.339 e. The fourth-order valence-corrected chi connectivity index (χ4v) is 3.65. The molecule has 2 heterocycles. The molecule has 0 radical (unpaired) electrons. The molecule has 1 atom stereocenters.